The lowest BCUT2D eigenvalue weighted by Gasteiger charge is -2.35. The molecule has 7 nitrogen and oxygen atoms in total. The Hall–Kier alpha value is -2.75. The van der Waals surface area contributed by atoms with E-state index < -0.39 is 16.1 Å². The van der Waals surface area contributed by atoms with E-state index in [2.05, 4.69) is 5.32 Å². The fourth-order valence-corrected chi connectivity index (χ4v) is 6.50. The molecule has 0 radical (unpaired) electrons. The summed E-state index contributed by atoms with van der Waals surface area (Å²) in [6.45, 7) is 2.74. The van der Waals surface area contributed by atoms with Crippen molar-refractivity contribution in [3.63, 3.8) is 0 Å². The van der Waals surface area contributed by atoms with E-state index in [4.69, 9.17) is 0 Å². The molecule has 0 spiro atoms. The summed E-state index contributed by atoms with van der Waals surface area (Å²) in [7, 11) is -3.52. The third kappa shape index (κ3) is 4.69. The highest BCUT2D eigenvalue weighted by Gasteiger charge is 2.32. The molecule has 1 aromatic heterocycles. The number of fused-ring (bicyclic) bond motifs is 1. The van der Waals surface area contributed by atoms with Crippen LogP contribution in [0.25, 0.3) is 10.8 Å². The number of hydrogen-bond donors (Lipinski definition) is 1. The third-order valence-electron chi connectivity index (χ3n) is 5.62. The molecule has 1 saturated heterocycles. The predicted molar refractivity (Wildman–Crippen MR) is 125 cm³/mol. The average Bonchev–Trinajstić information content (AvgIpc) is 3.35. The Bertz CT molecular complexity index is 1210. The van der Waals surface area contributed by atoms with Crippen LogP contribution in [0.4, 0.5) is 0 Å². The summed E-state index contributed by atoms with van der Waals surface area (Å²) in [5.74, 6) is -0.425. The molecule has 2 amide bonds. The Morgan fingerprint density at radius 1 is 1.00 bits per heavy atom. The van der Waals surface area contributed by atoms with Crippen LogP contribution in [-0.4, -0.2) is 61.7 Å². The van der Waals surface area contributed by atoms with Crippen molar-refractivity contribution in [2.75, 3.05) is 26.2 Å². The Balaban J connectivity index is 1.33. The van der Waals surface area contributed by atoms with Crippen molar-refractivity contribution < 1.29 is 18.0 Å². The Kier molecular flexibility index (Phi) is 6.59. The normalized spacial score (nSPS) is 16.1. The number of benzene rings is 2. The number of carbonyl (C=O) groups excluding carboxylic acids is 2. The van der Waals surface area contributed by atoms with Gasteiger partial charge in [0.15, 0.2) is 0 Å². The highest BCUT2D eigenvalue weighted by Crippen LogP contribution is 2.22. The highest BCUT2D eigenvalue weighted by atomic mass is 32.2. The Labute approximate surface area is 191 Å². The van der Waals surface area contributed by atoms with Gasteiger partial charge in [-0.25, -0.2) is 8.42 Å². The van der Waals surface area contributed by atoms with Gasteiger partial charge in [-0.05, 0) is 34.7 Å². The number of hydrogen-bond acceptors (Lipinski definition) is 5. The minimum atomic E-state index is -3.52. The first-order chi connectivity index (χ1) is 15.4. The van der Waals surface area contributed by atoms with Crippen LogP contribution < -0.4 is 5.32 Å². The second-order valence-corrected chi connectivity index (χ2v) is 10.9. The minimum absolute atomic E-state index is 0.186. The largest absolute Gasteiger partial charge is 0.344 e. The lowest BCUT2D eigenvalue weighted by molar-refractivity contribution is -0.136. The van der Waals surface area contributed by atoms with E-state index in [1.165, 1.54) is 15.6 Å². The van der Waals surface area contributed by atoms with E-state index in [9.17, 15) is 18.0 Å². The van der Waals surface area contributed by atoms with Crippen LogP contribution in [0.2, 0.25) is 0 Å². The summed E-state index contributed by atoms with van der Waals surface area (Å²) < 4.78 is 27.0. The molecule has 1 atom stereocenters. The first kappa shape index (κ1) is 22.4. The molecule has 2 heterocycles. The summed E-state index contributed by atoms with van der Waals surface area (Å²) >= 11 is 1.19. The maximum Gasteiger partial charge on any atom is 0.252 e. The lowest BCUT2D eigenvalue weighted by atomic mass is 10.0. The van der Waals surface area contributed by atoms with Gasteiger partial charge in [-0.1, -0.05) is 48.5 Å². The van der Waals surface area contributed by atoms with Crippen LogP contribution in [-0.2, 0) is 26.0 Å². The van der Waals surface area contributed by atoms with Crippen LogP contribution in [0.5, 0.6) is 0 Å². The van der Waals surface area contributed by atoms with Crippen molar-refractivity contribution >= 4 is 43.9 Å². The predicted octanol–water partition coefficient (Wildman–Crippen LogP) is 2.48. The highest BCUT2D eigenvalue weighted by molar-refractivity contribution is 7.91. The fourth-order valence-electron chi connectivity index (χ4n) is 3.93. The van der Waals surface area contributed by atoms with Gasteiger partial charge in [-0.15, -0.1) is 11.3 Å². The van der Waals surface area contributed by atoms with Crippen LogP contribution in [0.3, 0.4) is 0 Å². The fraction of sp³-hybridized carbons (Fsp3) is 0.304. The molecule has 9 heteroatoms. The molecule has 1 aliphatic heterocycles. The molecule has 3 aromatic rings. The SMILES string of the molecule is C[C@H](NC(=O)Cc1cccc2ccccc12)C(=O)N1CCN(S(=O)(=O)c2cccs2)CC1. The molecule has 1 aliphatic rings. The Morgan fingerprint density at radius 3 is 2.44 bits per heavy atom. The van der Waals surface area contributed by atoms with Crippen molar-refractivity contribution in [3.05, 3.63) is 65.5 Å². The van der Waals surface area contributed by atoms with Gasteiger partial charge in [0.2, 0.25) is 11.8 Å². The second-order valence-electron chi connectivity index (χ2n) is 7.77. The molecular formula is C23H25N3O4S2. The van der Waals surface area contributed by atoms with Crippen LogP contribution >= 0.6 is 11.3 Å². The summed E-state index contributed by atoms with van der Waals surface area (Å²) in [5, 5.41) is 6.61. The summed E-state index contributed by atoms with van der Waals surface area (Å²) in [6.07, 6.45) is 0.186. The number of piperazine rings is 1. The summed E-state index contributed by atoms with van der Waals surface area (Å²) in [4.78, 5) is 27.0. The summed E-state index contributed by atoms with van der Waals surface area (Å²) in [5.41, 5.74) is 0.910. The van der Waals surface area contributed by atoms with Gasteiger partial charge in [0, 0.05) is 26.2 Å². The number of nitrogens with one attached hydrogen (secondary N) is 1. The third-order valence-corrected chi connectivity index (χ3v) is 8.89. The molecule has 2 aromatic carbocycles. The molecule has 4 rings (SSSR count). The van der Waals surface area contributed by atoms with Gasteiger partial charge in [0.25, 0.3) is 10.0 Å². The van der Waals surface area contributed by atoms with E-state index >= 15 is 0 Å². The molecule has 0 bridgehead atoms. The van der Waals surface area contributed by atoms with Gasteiger partial charge in [-0.2, -0.15) is 4.31 Å². The van der Waals surface area contributed by atoms with E-state index in [1.54, 1.807) is 29.3 Å². The van der Waals surface area contributed by atoms with Crippen LogP contribution in [0.1, 0.15) is 12.5 Å². The van der Waals surface area contributed by atoms with E-state index in [1.807, 2.05) is 42.5 Å². The van der Waals surface area contributed by atoms with Gasteiger partial charge < -0.3 is 10.2 Å². The number of sulfonamides is 1. The number of thiophene rings is 1. The van der Waals surface area contributed by atoms with Crippen molar-refractivity contribution in [1.29, 1.82) is 0 Å². The molecule has 1 N–H and O–H groups in total. The Morgan fingerprint density at radius 2 is 1.72 bits per heavy atom. The number of carbonyl (C=O) groups is 2. The second kappa shape index (κ2) is 9.40. The standard InChI is InChI=1S/C23H25N3O4S2/c1-17(24-21(27)16-19-8-4-7-18-6-2-3-9-20(18)19)23(28)25-11-13-26(14-12-25)32(29,30)22-10-5-15-31-22/h2-10,15,17H,11-14,16H2,1H3,(H,24,27)/t17-/m0/s1. The van der Waals surface area contributed by atoms with Crippen molar-refractivity contribution in [2.24, 2.45) is 0 Å². The van der Waals surface area contributed by atoms with Gasteiger partial charge in [0.05, 0.1) is 6.42 Å². The van der Waals surface area contributed by atoms with Crippen molar-refractivity contribution in [3.8, 4) is 0 Å². The minimum Gasteiger partial charge on any atom is -0.344 e. The van der Waals surface area contributed by atoms with Crippen LogP contribution in [0.15, 0.2) is 64.2 Å². The number of nitrogens with zero attached hydrogens (tertiary/aromatic N) is 2. The van der Waals surface area contributed by atoms with E-state index in [-0.39, 0.29) is 31.3 Å². The molecule has 0 aliphatic carbocycles. The molecule has 168 valence electrons. The molecular weight excluding hydrogens is 446 g/mol. The maximum atomic E-state index is 12.8. The molecule has 1 fully saturated rings. The van der Waals surface area contributed by atoms with Crippen molar-refractivity contribution in [2.45, 2.75) is 23.6 Å². The first-order valence-corrected chi connectivity index (χ1v) is 12.8. The number of rotatable bonds is 6. The number of amides is 2. The summed E-state index contributed by atoms with van der Waals surface area (Å²) in [6, 6.07) is 16.3. The quantitative estimate of drug-likeness (QED) is 0.598. The molecule has 32 heavy (non-hydrogen) atoms. The van der Waals surface area contributed by atoms with E-state index in [0.717, 1.165) is 16.3 Å². The monoisotopic (exact) mass is 471 g/mol. The van der Waals surface area contributed by atoms with Crippen LogP contribution in [0, 0.1) is 0 Å². The zero-order valence-electron chi connectivity index (χ0n) is 17.7. The van der Waals surface area contributed by atoms with Gasteiger partial charge >= 0.3 is 0 Å². The topological polar surface area (TPSA) is 86.8 Å². The van der Waals surface area contributed by atoms with Gasteiger partial charge in [-0.3, -0.25) is 9.59 Å². The lowest BCUT2D eigenvalue weighted by Crippen LogP contribution is -2.55. The van der Waals surface area contributed by atoms with E-state index in [0.29, 0.717) is 17.3 Å². The smallest absolute Gasteiger partial charge is 0.252 e. The zero-order chi connectivity index (χ0) is 22.7. The van der Waals surface area contributed by atoms with Crippen molar-refractivity contribution in [1.82, 2.24) is 14.5 Å². The first-order valence-electron chi connectivity index (χ1n) is 10.4. The molecule has 0 unspecified atom stereocenters. The zero-order valence-corrected chi connectivity index (χ0v) is 19.4. The average molecular weight is 472 g/mol. The maximum absolute atomic E-state index is 12.8. The van der Waals surface area contributed by atoms with Gasteiger partial charge in [0.1, 0.15) is 10.3 Å². The molecule has 0 saturated carbocycles.